The number of hydrogen-bond donors (Lipinski definition) is 2. The molecule has 5 rings (SSSR count). The molecule has 0 spiro atoms. The topological polar surface area (TPSA) is 106 Å². The zero-order valence-electron chi connectivity index (χ0n) is 21.1. The van der Waals surface area contributed by atoms with E-state index in [-0.39, 0.29) is 44.4 Å². The maximum absolute atomic E-state index is 13.9. The number of halogens is 5. The number of aryl methyl sites for hydroxylation is 1. The average molecular weight is 554 g/mol. The minimum Gasteiger partial charge on any atom is -0.344 e. The first kappa shape index (κ1) is 27.0. The van der Waals surface area contributed by atoms with Crippen LogP contribution in [-0.4, -0.2) is 54.3 Å². The minimum absolute atomic E-state index is 0.0585. The Labute approximate surface area is 220 Å². The number of fused-ring (bicyclic) bond motifs is 1. The van der Waals surface area contributed by atoms with E-state index in [1.165, 1.54) is 21.6 Å². The van der Waals surface area contributed by atoms with Gasteiger partial charge in [-0.2, -0.15) is 23.4 Å². The molecule has 14 heteroatoms. The summed E-state index contributed by atoms with van der Waals surface area (Å²) in [4.78, 5) is 29.9. The Balaban J connectivity index is 1.39. The summed E-state index contributed by atoms with van der Waals surface area (Å²) < 4.78 is 69.9. The fourth-order valence-corrected chi connectivity index (χ4v) is 5.43. The van der Waals surface area contributed by atoms with E-state index in [0.717, 1.165) is 0 Å². The van der Waals surface area contributed by atoms with Gasteiger partial charge >= 0.3 is 6.18 Å². The molecule has 2 aliphatic rings. The lowest BCUT2D eigenvalue weighted by atomic mass is 9.81. The van der Waals surface area contributed by atoms with Gasteiger partial charge in [0.1, 0.15) is 11.7 Å². The zero-order chi connectivity index (χ0) is 27.9. The standard InChI is InChI=1S/C25H28F5N7O2/c1-2-36-18(5-8-31-36)23(39)35-21(15-3-6-24(26,27)7-4-15)17-13-37-20(33-17)10-14(12-32-37)9-16-11-19(25(28,29)30)34-22(16)38/h5,8,10,12-13,15-16,19,21H,2-4,6-7,9,11H2,1H3,(H,34,38)(H,35,39)/t16?,19-,21?/m0/s1. The van der Waals surface area contributed by atoms with E-state index in [9.17, 15) is 31.5 Å². The molecule has 39 heavy (non-hydrogen) atoms. The molecule has 3 aromatic heterocycles. The van der Waals surface area contributed by atoms with Gasteiger partial charge in [-0.15, -0.1) is 0 Å². The fraction of sp³-hybridized carbons (Fsp3) is 0.560. The van der Waals surface area contributed by atoms with Crippen molar-refractivity contribution in [1.82, 2.24) is 35.0 Å². The van der Waals surface area contributed by atoms with Crippen LogP contribution in [-0.2, 0) is 17.8 Å². The Morgan fingerprint density at radius 1 is 1.26 bits per heavy atom. The molecular formula is C25H28F5N7O2. The largest absolute Gasteiger partial charge is 0.408 e. The highest BCUT2D eigenvalue weighted by Gasteiger charge is 2.47. The van der Waals surface area contributed by atoms with Crippen LogP contribution in [0.5, 0.6) is 0 Å². The molecule has 1 saturated heterocycles. The van der Waals surface area contributed by atoms with Gasteiger partial charge in [-0.05, 0) is 56.2 Å². The second-order valence-electron chi connectivity index (χ2n) is 10.2. The van der Waals surface area contributed by atoms with Gasteiger partial charge in [0, 0.05) is 31.5 Å². The summed E-state index contributed by atoms with van der Waals surface area (Å²) in [5.74, 6) is -4.97. The third-order valence-electron chi connectivity index (χ3n) is 7.57. The van der Waals surface area contributed by atoms with Gasteiger partial charge in [0.2, 0.25) is 11.8 Å². The number of aromatic nitrogens is 5. The van der Waals surface area contributed by atoms with Gasteiger partial charge in [0.05, 0.1) is 24.1 Å². The molecule has 3 aromatic rings. The number of alkyl halides is 5. The summed E-state index contributed by atoms with van der Waals surface area (Å²) in [7, 11) is 0. The van der Waals surface area contributed by atoms with Crippen LogP contribution in [0.4, 0.5) is 22.0 Å². The summed E-state index contributed by atoms with van der Waals surface area (Å²) in [5.41, 5.74) is 1.67. The lowest BCUT2D eigenvalue weighted by Crippen LogP contribution is -2.38. The molecular weight excluding hydrogens is 525 g/mol. The summed E-state index contributed by atoms with van der Waals surface area (Å²) in [6, 6.07) is 0.656. The lowest BCUT2D eigenvalue weighted by Gasteiger charge is -2.33. The first-order valence-electron chi connectivity index (χ1n) is 12.9. The Kier molecular flexibility index (Phi) is 7.06. The molecule has 2 N–H and O–H groups in total. The van der Waals surface area contributed by atoms with Crippen LogP contribution in [0.3, 0.4) is 0 Å². The molecule has 0 bridgehead atoms. The highest BCUT2D eigenvalue weighted by atomic mass is 19.4. The fourth-order valence-electron chi connectivity index (χ4n) is 5.43. The van der Waals surface area contributed by atoms with Gasteiger partial charge in [0.15, 0.2) is 5.65 Å². The Morgan fingerprint density at radius 3 is 2.67 bits per heavy atom. The summed E-state index contributed by atoms with van der Waals surface area (Å²) in [6.45, 7) is 2.31. The second-order valence-corrected chi connectivity index (χ2v) is 10.2. The second kappa shape index (κ2) is 10.2. The summed E-state index contributed by atoms with van der Waals surface area (Å²) in [5, 5.41) is 13.4. The molecule has 3 atom stereocenters. The van der Waals surface area contributed by atoms with E-state index in [1.807, 2.05) is 12.2 Å². The quantitative estimate of drug-likeness (QED) is 0.433. The maximum Gasteiger partial charge on any atom is 0.408 e. The van der Waals surface area contributed by atoms with Crippen molar-refractivity contribution in [3.05, 3.63) is 47.7 Å². The monoisotopic (exact) mass is 553 g/mol. The first-order chi connectivity index (χ1) is 18.4. The van der Waals surface area contributed by atoms with Gasteiger partial charge in [0.25, 0.3) is 5.91 Å². The number of hydrogen-bond acceptors (Lipinski definition) is 5. The molecule has 1 aliphatic heterocycles. The van der Waals surface area contributed by atoms with Crippen LogP contribution < -0.4 is 10.6 Å². The van der Waals surface area contributed by atoms with E-state index in [2.05, 4.69) is 20.5 Å². The molecule has 2 amide bonds. The van der Waals surface area contributed by atoms with Crippen molar-refractivity contribution in [3.8, 4) is 0 Å². The normalized spacial score (nSPS) is 22.7. The predicted octanol–water partition coefficient (Wildman–Crippen LogP) is 3.85. The van der Waals surface area contributed by atoms with Crippen molar-refractivity contribution in [3.63, 3.8) is 0 Å². The predicted molar refractivity (Wildman–Crippen MR) is 128 cm³/mol. The van der Waals surface area contributed by atoms with Gasteiger partial charge in [-0.25, -0.2) is 18.3 Å². The molecule has 0 radical (unpaired) electrons. The van der Waals surface area contributed by atoms with Crippen LogP contribution in [0.25, 0.3) is 5.65 Å². The molecule has 2 unspecified atom stereocenters. The van der Waals surface area contributed by atoms with E-state index < -0.39 is 41.9 Å². The third kappa shape index (κ3) is 5.74. The van der Waals surface area contributed by atoms with E-state index in [0.29, 0.717) is 29.1 Å². The number of nitrogens with one attached hydrogen (secondary N) is 2. The molecule has 9 nitrogen and oxygen atoms in total. The highest BCUT2D eigenvalue weighted by molar-refractivity contribution is 5.92. The molecule has 1 aliphatic carbocycles. The van der Waals surface area contributed by atoms with Crippen LogP contribution in [0.1, 0.15) is 66.8 Å². The number of imidazole rings is 1. The lowest BCUT2D eigenvalue weighted by molar-refractivity contribution is -0.154. The third-order valence-corrected chi connectivity index (χ3v) is 7.57. The van der Waals surface area contributed by atoms with Crippen LogP contribution >= 0.6 is 0 Å². The molecule has 4 heterocycles. The number of amides is 2. The number of carbonyl (C=O) groups is 2. The maximum atomic E-state index is 13.9. The number of carbonyl (C=O) groups excluding carboxylic acids is 2. The van der Waals surface area contributed by atoms with E-state index in [4.69, 9.17) is 0 Å². The average Bonchev–Trinajstić information content (AvgIpc) is 3.60. The van der Waals surface area contributed by atoms with Crippen molar-refractivity contribution >= 4 is 17.5 Å². The van der Waals surface area contributed by atoms with E-state index in [1.54, 1.807) is 18.3 Å². The van der Waals surface area contributed by atoms with Crippen molar-refractivity contribution in [1.29, 1.82) is 0 Å². The molecule has 1 saturated carbocycles. The SMILES string of the molecule is CCn1nccc1C(=O)NC(c1cn2ncc(CC3C[C@@H](C(F)(F)F)NC3=O)cc2n1)C1CCC(F)(F)CC1. The molecule has 2 fully saturated rings. The molecule has 0 aromatic carbocycles. The van der Waals surface area contributed by atoms with Gasteiger partial charge in [-0.3, -0.25) is 14.3 Å². The van der Waals surface area contributed by atoms with Crippen LogP contribution in [0.15, 0.2) is 30.7 Å². The van der Waals surface area contributed by atoms with Gasteiger partial charge < -0.3 is 10.6 Å². The highest BCUT2D eigenvalue weighted by Crippen LogP contribution is 2.41. The number of nitrogens with zero attached hydrogens (tertiary/aromatic N) is 5. The summed E-state index contributed by atoms with van der Waals surface area (Å²) in [6.07, 6.45) is -0.454. The van der Waals surface area contributed by atoms with Crippen molar-refractivity contribution in [2.45, 2.75) is 76.2 Å². The Morgan fingerprint density at radius 2 is 2.00 bits per heavy atom. The first-order valence-corrected chi connectivity index (χ1v) is 12.9. The molecule has 210 valence electrons. The smallest absolute Gasteiger partial charge is 0.344 e. The summed E-state index contributed by atoms with van der Waals surface area (Å²) >= 11 is 0. The van der Waals surface area contributed by atoms with Crippen molar-refractivity contribution < 1.29 is 31.5 Å². The zero-order valence-corrected chi connectivity index (χ0v) is 21.1. The minimum atomic E-state index is -4.51. The van der Waals surface area contributed by atoms with E-state index >= 15 is 0 Å². The van der Waals surface area contributed by atoms with Crippen molar-refractivity contribution in [2.75, 3.05) is 0 Å². The van der Waals surface area contributed by atoms with Crippen LogP contribution in [0, 0.1) is 11.8 Å². The van der Waals surface area contributed by atoms with Crippen LogP contribution in [0.2, 0.25) is 0 Å². The Hall–Kier alpha value is -3.58. The van der Waals surface area contributed by atoms with Gasteiger partial charge in [-0.1, -0.05) is 0 Å². The Bertz CT molecular complexity index is 1360. The number of rotatable bonds is 7. The van der Waals surface area contributed by atoms with Crippen molar-refractivity contribution in [2.24, 2.45) is 11.8 Å².